The van der Waals surface area contributed by atoms with Crippen LogP contribution in [0.5, 0.6) is 0 Å². The lowest BCUT2D eigenvalue weighted by molar-refractivity contribution is 0.475. The predicted molar refractivity (Wildman–Crippen MR) is 66.7 cm³/mol. The van der Waals surface area contributed by atoms with E-state index in [1.54, 1.807) is 12.1 Å². The fourth-order valence-corrected chi connectivity index (χ4v) is 1.65. The molecule has 0 atom stereocenters. The molecule has 1 heterocycles. The second-order valence-electron chi connectivity index (χ2n) is 3.78. The van der Waals surface area contributed by atoms with E-state index in [9.17, 15) is 4.39 Å². The van der Waals surface area contributed by atoms with Crippen molar-refractivity contribution in [3.8, 4) is 11.5 Å². The van der Waals surface area contributed by atoms with Crippen molar-refractivity contribution >= 4 is 11.6 Å². The molecule has 96 valence electrons. The highest BCUT2D eigenvalue weighted by Crippen LogP contribution is 2.26. The maximum Gasteiger partial charge on any atom is 0.250 e. The Bertz CT molecular complexity index is 530. The summed E-state index contributed by atoms with van der Waals surface area (Å²) in [6, 6.07) is 4.67. The highest BCUT2D eigenvalue weighted by atomic mass is 35.5. The maximum atomic E-state index is 13.7. The zero-order chi connectivity index (χ0) is 13.0. The number of hydrogen-bond donors (Lipinski definition) is 1. The van der Waals surface area contributed by atoms with Crippen LogP contribution in [0.2, 0.25) is 5.02 Å². The molecule has 2 rings (SSSR count). The second kappa shape index (κ2) is 5.93. The van der Waals surface area contributed by atoms with E-state index in [4.69, 9.17) is 16.0 Å². The molecular formula is C12H13ClFN3O. The Hall–Kier alpha value is -1.46. The summed E-state index contributed by atoms with van der Waals surface area (Å²) in [4.78, 5) is 0. The molecule has 6 heteroatoms. The fraction of sp³-hybridized carbons (Fsp3) is 0.333. The SMILES string of the molecule is CCCNCc1nnc(-c2cccc(Cl)c2F)o1. The third-order valence-corrected chi connectivity index (χ3v) is 2.64. The van der Waals surface area contributed by atoms with Gasteiger partial charge in [0.1, 0.15) is 0 Å². The minimum atomic E-state index is -0.545. The molecule has 0 radical (unpaired) electrons. The molecule has 0 fully saturated rings. The number of nitrogens with zero attached hydrogens (tertiary/aromatic N) is 2. The first kappa shape index (κ1) is 13.0. The van der Waals surface area contributed by atoms with Crippen molar-refractivity contribution in [2.45, 2.75) is 19.9 Å². The third kappa shape index (κ3) is 2.86. The Labute approximate surface area is 109 Å². The van der Waals surface area contributed by atoms with Crippen molar-refractivity contribution in [2.75, 3.05) is 6.54 Å². The number of hydrogen-bond acceptors (Lipinski definition) is 4. The Balaban J connectivity index is 2.16. The normalized spacial score (nSPS) is 10.8. The van der Waals surface area contributed by atoms with Gasteiger partial charge in [-0.25, -0.2) is 4.39 Å². The number of rotatable bonds is 5. The van der Waals surface area contributed by atoms with Crippen LogP contribution in [-0.2, 0) is 6.54 Å². The van der Waals surface area contributed by atoms with E-state index in [-0.39, 0.29) is 16.5 Å². The van der Waals surface area contributed by atoms with Gasteiger partial charge in [-0.3, -0.25) is 0 Å². The highest BCUT2D eigenvalue weighted by Gasteiger charge is 2.14. The van der Waals surface area contributed by atoms with E-state index in [0.29, 0.717) is 12.4 Å². The van der Waals surface area contributed by atoms with Crippen molar-refractivity contribution in [3.63, 3.8) is 0 Å². The van der Waals surface area contributed by atoms with Crippen LogP contribution in [-0.4, -0.2) is 16.7 Å². The lowest BCUT2D eigenvalue weighted by Crippen LogP contribution is -2.13. The molecule has 0 saturated carbocycles. The van der Waals surface area contributed by atoms with Gasteiger partial charge in [0.2, 0.25) is 5.89 Å². The van der Waals surface area contributed by atoms with Crippen molar-refractivity contribution in [2.24, 2.45) is 0 Å². The number of benzene rings is 1. The number of nitrogens with one attached hydrogen (secondary N) is 1. The summed E-state index contributed by atoms with van der Waals surface area (Å²) in [6.45, 7) is 3.40. The third-order valence-electron chi connectivity index (χ3n) is 2.35. The predicted octanol–water partition coefficient (Wildman–Crippen LogP) is 3.03. The Morgan fingerprint density at radius 2 is 2.22 bits per heavy atom. The molecule has 0 bridgehead atoms. The molecule has 0 saturated heterocycles. The van der Waals surface area contributed by atoms with Crippen molar-refractivity contribution in [1.82, 2.24) is 15.5 Å². The molecule has 0 amide bonds. The van der Waals surface area contributed by atoms with Gasteiger partial charge in [-0.05, 0) is 25.1 Å². The van der Waals surface area contributed by atoms with Crippen LogP contribution in [0.25, 0.3) is 11.5 Å². The topological polar surface area (TPSA) is 51.0 Å². The van der Waals surface area contributed by atoms with Crippen LogP contribution in [0.4, 0.5) is 4.39 Å². The lowest BCUT2D eigenvalue weighted by atomic mass is 10.2. The van der Waals surface area contributed by atoms with E-state index in [1.807, 2.05) is 0 Å². The zero-order valence-electron chi connectivity index (χ0n) is 9.91. The molecule has 18 heavy (non-hydrogen) atoms. The van der Waals surface area contributed by atoms with Crippen molar-refractivity contribution in [1.29, 1.82) is 0 Å². The molecule has 4 nitrogen and oxygen atoms in total. The average molecular weight is 270 g/mol. The first-order valence-electron chi connectivity index (χ1n) is 5.70. The smallest absolute Gasteiger partial charge is 0.250 e. The maximum absolute atomic E-state index is 13.7. The van der Waals surface area contributed by atoms with Crippen LogP contribution in [0.1, 0.15) is 19.2 Å². The molecule has 0 aliphatic rings. The first-order valence-corrected chi connectivity index (χ1v) is 6.07. The second-order valence-corrected chi connectivity index (χ2v) is 4.19. The average Bonchev–Trinajstić information content (AvgIpc) is 2.82. The van der Waals surface area contributed by atoms with Gasteiger partial charge >= 0.3 is 0 Å². The number of halogens is 2. The van der Waals surface area contributed by atoms with Gasteiger partial charge < -0.3 is 9.73 Å². The molecule has 1 aromatic carbocycles. The van der Waals surface area contributed by atoms with Gasteiger partial charge in [-0.2, -0.15) is 0 Å². The molecule has 2 aromatic rings. The quantitative estimate of drug-likeness (QED) is 0.848. The standard InChI is InChI=1S/C12H13ClFN3O/c1-2-6-15-7-10-16-17-12(18-10)8-4-3-5-9(13)11(8)14/h3-5,15H,2,6-7H2,1H3. The van der Waals surface area contributed by atoms with Gasteiger partial charge in [0.25, 0.3) is 5.89 Å². The van der Waals surface area contributed by atoms with Gasteiger partial charge in [-0.1, -0.05) is 24.6 Å². The lowest BCUT2D eigenvalue weighted by Gasteiger charge is -1.99. The molecule has 0 aliphatic carbocycles. The zero-order valence-corrected chi connectivity index (χ0v) is 10.7. The highest BCUT2D eigenvalue weighted by molar-refractivity contribution is 6.31. The minimum Gasteiger partial charge on any atom is -0.419 e. The summed E-state index contributed by atoms with van der Waals surface area (Å²) >= 11 is 5.70. The van der Waals surface area contributed by atoms with Crippen LogP contribution >= 0.6 is 11.6 Å². The van der Waals surface area contributed by atoms with E-state index in [2.05, 4.69) is 22.4 Å². The molecule has 0 aliphatic heterocycles. The first-order chi connectivity index (χ1) is 8.72. The van der Waals surface area contributed by atoms with Gasteiger partial charge in [-0.15, -0.1) is 10.2 Å². The fourth-order valence-electron chi connectivity index (χ4n) is 1.47. The van der Waals surface area contributed by atoms with Crippen LogP contribution < -0.4 is 5.32 Å². The molecule has 1 aromatic heterocycles. The van der Waals surface area contributed by atoms with E-state index in [1.165, 1.54) is 6.07 Å². The number of aromatic nitrogens is 2. The molecule has 1 N–H and O–H groups in total. The Kier molecular flexibility index (Phi) is 4.28. The summed E-state index contributed by atoms with van der Waals surface area (Å²) in [5.41, 5.74) is 0.219. The Morgan fingerprint density at radius 3 is 3.00 bits per heavy atom. The minimum absolute atomic E-state index is 0.0383. The molecule has 0 unspecified atom stereocenters. The van der Waals surface area contributed by atoms with Crippen LogP contribution in [0.3, 0.4) is 0 Å². The summed E-state index contributed by atoms with van der Waals surface area (Å²) in [6.07, 6.45) is 1.02. The van der Waals surface area contributed by atoms with E-state index >= 15 is 0 Å². The van der Waals surface area contributed by atoms with E-state index < -0.39 is 5.82 Å². The molecular weight excluding hydrogens is 257 g/mol. The van der Waals surface area contributed by atoms with E-state index in [0.717, 1.165) is 13.0 Å². The summed E-state index contributed by atoms with van der Waals surface area (Å²) in [7, 11) is 0. The van der Waals surface area contributed by atoms with Gasteiger partial charge in [0, 0.05) is 0 Å². The molecule has 0 spiro atoms. The van der Waals surface area contributed by atoms with Crippen LogP contribution in [0.15, 0.2) is 22.6 Å². The Morgan fingerprint density at radius 1 is 1.39 bits per heavy atom. The van der Waals surface area contributed by atoms with Crippen molar-refractivity contribution in [3.05, 3.63) is 34.9 Å². The summed E-state index contributed by atoms with van der Waals surface area (Å²) in [5.74, 6) is 0.0250. The van der Waals surface area contributed by atoms with Gasteiger partial charge in [0.15, 0.2) is 5.82 Å². The van der Waals surface area contributed by atoms with Crippen molar-refractivity contribution < 1.29 is 8.81 Å². The van der Waals surface area contributed by atoms with Crippen LogP contribution in [0, 0.1) is 5.82 Å². The summed E-state index contributed by atoms with van der Waals surface area (Å²) < 4.78 is 19.1. The summed E-state index contributed by atoms with van der Waals surface area (Å²) in [5, 5.41) is 10.8. The monoisotopic (exact) mass is 269 g/mol. The largest absolute Gasteiger partial charge is 0.419 e. The van der Waals surface area contributed by atoms with Gasteiger partial charge in [0.05, 0.1) is 17.1 Å².